The lowest BCUT2D eigenvalue weighted by Gasteiger charge is -2.29. The second kappa shape index (κ2) is 4.81. The number of rotatable bonds is 1. The minimum atomic E-state index is -0.714. The summed E-state index contributed by atoms with van der Waals surface area (Å²) in [6.45, 7) is 6.51. The van der Waals surface area contributed by atoms with Crippen LogP contribution in [-0.4, -0.2) is 42.2 Å². The van der Waals surface area contributed by atoms with Crippen LogP contribution < -0.4 is 5.32 Å². The van der Waals surface area contributed by atoms with Crippen molar-refractivity contribution in [2.45, 2.75) is 45.0 Å². The molecule has 0 saturated carbocycles. The summed E-state index contributed by atoms with van der Waals surface area (Å²) in [6.07, 6.45) is -1.21. The normalized spacial score (nSPS) is 27.2. The van der Waals surface area contributed by atoms with E-state index in [2.05, 4.69) is 5.32 Å². The average Bonchev–Trinajstić information content (AvgIpc) is 2.05. The summed E-state index contributed by atoms with van der Waals surface area (Å²) >= 11 is 0. The zero-order chi connectivity index (χ0) is 11.5. The van der Waals surface area contributed by atoms with Crippen LogP contribution in [0.15, 0.2) is 0 Å². The van der Waals surface area contributed by atoms with Crippen molar-refractivity contribution in [3.8, 4) is 0 Å². The first-order valence-electron chi connectivity index (χ1n) is 5.17. The molecule has 1 fully saturated rings. The van der Waals surface area contributed by atoms with Crippen LogP contribution in [-0.2, 0) is 9.47 Å². The van der Waals surface area contributed by atoms with Gasteiger partial charge >= 0.3 is 6.16 Å². The molecule has 88 valence electrons. The first kappa shape index (κ1) is 12.3. The van der Waals surface area contributed by atoms with Gasteiger partial charge in [0, 0.05) is 6.54 Å². The number of piperidine rings is 1. The maximum Gasteiger partial charge on any atom is 0.509 e. The monoisotopic (exact) mass is 217 g/mol. The summed E-state index contributed by atoms with van der Waals surface area (Å²) in [6, 6.07) is 0. The van der Waals surface area contributed by atoms with E-state index in [1.54, 1.807) is 20.8 Å². The molecule has 1 heterocycles. The molecule has 5 nitrogen and oxygen atoms in total. The van der Waals surface area contributed by atoms with Crippen molar-refractivity contribution in [2.75, 3.05) is 13.1 Å². The highest BCUT2D eigenvalue weighted by Gasteiger charge is 2.28. The fourth-order valence-corrected chi connectivity index (χ4v) is 1.35. The molecule has 1 aliphatic rings. The highest BCUT2D eigenvalue weighted by Crippen LogP contribution is 2.13. The van der Waals surface area contributed by atoms with Gasteiger partial charge < -0.3 is 19.9 Å². The van der Waals surface area contributed by atoms with Crippen LogP contribution in [0.5, 0.6) is 0 Å². The Morgan fingerprint density at radius 1 is 1.47 bits per heavy atom. The number of carbonyl (C=O) groups is 1. The van der Waals surface area contributed by atoms with Crippen molar-refractivity contribution in [3.05, 3.63) is 0 Å². The largest absolute Gasteiger partial charge is 0.509 e. The number of ether oxygens (including phenoxy) is 2. The van der Waals surface area contributed by atoms with Crippen molar-refractivity contribution in [1.82, 2.24) is 5.32 Å². The quantitative estimate of drug-likeness (QED) is 0.631. The lowest BCUT2D eigenvalue weighted by Crippen LogP contribution is -2.46. The lowest BCUT2D eigenvalue weighted by molar-refractivity contribution is -0.0670. The molecular formula is C10H19NO4. The number of aliphatic hydroxyl groups excluding tert-OH is 1. The van der Waals surface area contributed by atoms with Gasteiger partial charge in [-0.1, -0.05) is 0 Å². The third-order valence-corrected chi connectivity index (χ3v) is 2.03. The maximum atomic E-state index is 11.3. The molecule has 5 heteroatoms. The third-order valence-electron chi connectivity index (χ3n) is 2.03. The average molecular weight is 217 g/mol. The Morgan fingerprint density at radius 2 is 2.13 bits per heavy atom. The second-order valence-electron chi connectivity index (χ2n) is 4.68. The van der Waals surface area contributed by atoms with Gasteiger partial charge in [-0.25, -0.2) is 4.79 Å². The topological polar surface area (TPSA) is 67.8 Å². The summed E-state index contributed by atoms with van der Waals surface area (Å²) in [5.41, 5.74) is -0.561. The minimum absolute atomic E-state index is 0.452. The first-order chi connectivity index (χ1) is 6.88. The van der Waals surface area contributed by atoms with Crippen LogP contribution in [0.3, 0.4) is 0 Å². The van der Waals surface area contributed by atoms with Crippen LogP contribution in [0.2, 0.25) is 0 Å². The molecule has 1 rings (SSSR count). The van der Waals surface area contributed by atoms with Crippen LogP contribution >= 0.6 is 0 Å². The van der Waals surface area contributed by atoms with Gasteiger partial charge in [0.15, 0.2) is 0 Å². The summed E-state index contributed by atoms with van der Waals surface area (Å²) in [4.78, 5) is 11.3. The highest BCUT2D eigenvalue weighted by molar-refractivity contribution is 5.60. The Kier molecular flexibility index (Phi) is 3.93. The maximum absolute atomic E-state index is 11.3. The van der Waals surface area contributed by atoms with Gasteiger partial charge in [0.1, 0.15) is 17.8 Å². The van der Waals surface area contributed by atoms with Gasteiger partial charge in [-0.05, 0) is 33.7 Å². The molecule has 2 atom stereocenters. The molecule has 1 saturated heterocycles. The van der Waals surface area contributed by atoms with Gasteiger partial charge in [0.25, 0.3) is 0 Å². The van der Waals surface area contributed by atoms with Gasteiger partial charge in [0.05, 0.1) is 0 Å². The molecule has 0 spiro atoms. The van der Waals surface area contributed by atoms with Gasteiger partial charge in [0.2, 0.25) is 0 Å². The van der Waals surface area contributed by atoms with Crippen molar-refractivity contribution >= 4 is 6.16 Å². The van der Waals surface area contributed by atoms with E-state index in [0.717, 1.165) is 6.54 Å². The molecule has 0 aromatic rings. The molecule has 0 radical (unpaired) electrons. The fourth-order valence-electron chi connectivity index (χ4n) is 1.35. The predicted molar refractivity (Wildman–Crippen MR) is 54.6 cm³/mol. The smallest absolute Gasteiger partial charge is 0.429 e. The van der Waals surface area contributed by atoms with Crippen LogP contribution in [0.4, 0.5) is 4.79 Å². The Labute approximate surface area is 89.8 Å². The van der Waals surface area contributed by atoms with E-state index in [9.17, 15) is 9.90 Å². The number of aliphatic hydroxyl groups is 1. The summed E-state index contributed by atoms with van der Waals surface area (Å²) in [7, 11) is 0. The van der Waals surface area contributed by atoms with Gasteiger partial charge in [-0.2, -0.15) is 0 Å². The molecular weight excluding hydrogens is 198 g/mol. The van der Waals surface area contributed by atoms with E-state index in [-0.39, 0.29) is 0 Å². The Balaban J connectivity index is 2.36. The Bertz CT molecular complexity index is 224. The van der Waals surface area contributed by atoms with E-state index in [1.165, 1.54) is 0 Å². The zero-order valence-corrected chi connectivity index (χ0v) is 9.45. The molecule has 15 heavy (non-hydrogen) atoms. The molecule has 0 aromatic carbocycles. The van der Waals surface area contributed by atoms with Crippen LogP contribution in [0.25, 0.3) is 0 Å². The molecule has 0 amide bonds. The molecule has 2 N–H and O–H groups in total. The van der Waals surface area contributed by atoms with Crippen LogP contribution in [0.1, 0.15) is 27.2 Å². The van der Waals surface area contributed by atoms with Crippen LogP contribution in [0, 0.1) is 0 Å². The molecule has 0 aromatic heterocycles. The molecule has 0 bridgehead atoms. The summed E-state index contributed by atoms with van der Waals surface area (Å²) in [5, 5.41) is 12.5. The van der Waals surface area contributed by atoms with Gasteiger partial charge in [-0.15, -0.1) is 0 Å². The van der Waals surface area contributed by atoms with Crippen molar-refractivity contribution in [3.63, 3.8) is 0 Å². The lowest BCUT2D eigenvalue weighted by atomic mass is 10.1. The number of hydrogen-bond acceptors (Lipinski definition) is 5. The van der Waals surface area contributed by atoms with Crippen molar-refractivity contribution in [1.29, 1.82) is 0 Å². The van der Waals surface area contributed by atoms with Gasteiger partial charge in [-0.3, -0.25) is 0 Å². The first-order valence-corrected chi connectivity index (χ1v) is 5.17. The Morgan fingerprint density at radius 3 is 2.67 bits per heavy atom. The third kappa shape index (κ3) is 4.48. The van der Waals surface area contributed by atoms with Crippen molar-refractivity contribution in [2.24, 2.45) is 0 Å². The second-order valence-corrected chi connectivity index (χ2v) is 4.68. The highest BCUT2D eigenvalue weighted by atomic mass is 16.7. The van der Waals surface area contributed by atoms with E-state index in [1.807, 2.05) is 0 Å². The number of carbonyl (C=O) groups excluding carboxylic acids is 1. The predicted octanol–water partition coefficient (Wildman–Crippen LogP) is 0.661. The summed E-state index contributed by atoms with van der Waals surface area (Å²) in [5.74, 6) is 0. The standard InChI is InChI=1S/C10H19NO4/c1-10(2,3)15-9(13)14-8-4-5-11-6-7(8)12/h7-8,11-12H,4-6H2,1-3H3/t7-,8+/m1/s1. The van der Waals surface area contributed by atoms with Crippen molar-refractivity contribution < 1.29 is 19.4 Å². The van der Waals surface area contributed by atoms with E-state index < -0.39 is 24.0 Å². The fraction of sp³-hybridized carbons (Fsp3) is 0.900. The Hall–Kier alpha value is -0.810. The van der Waals surface area contributed by atoms with E-state index in [4.69, 9.17) is 9.47 Å². The van der Waals surface area contributed by atoms with E-state index >= 15 is 0 Å². The minimum Gasteiger partial charge on any atom is -0.429 e. The number of hydrogen-bond donors (Lipinski definition) is 2. The number of β-amino-alcohol motifs (C(OH)–C–C–N with tert-alkyl or cyclic N) is 1. The molecule has 1 aliphatic heterocycles. The summed E-state index contributed by atoms with van der Waals surface area (Å²) < 4.78 is 10.0. The van der Waals surface area contributed by atoms with E-state index in [0.29, 0.717) is 13.0 Å². The zero-order valence-electron chi connectivity index (χ0n) is 9.45. The number of nitrogens with one attached hydrogen (secondary N) is 1. The SMILES string of the molecule is CC(C)(C)OC(=O)O[C@H]1CCNC[C@H]1O. The molecule has 0 unspecified atom stereocenters. The molecule has 0 aliphatic carbocycles.